The van der Waals surface area contributed by atoms with E-state index in [1.165, 1.54) is 14.6 Å². The zero-order chi connectivity index (χ0) is 23.8. The minimum absolute atomic E-state index is 0.217. The van der Waals surface area contributed by atoms with Crippen LogP contribution >= 0.6 is 11.8 Å². The number of hydrogen-bond donors (Lipinski definition) is 2. The van der Waals surface area contributed by atoms with Gasteiger partial charge in [0.25, 0.3) is 5.97 Å². The van der Waals surface area contributed by atoms with Gasteiger partial charge in [0.05, 0.1) is 7.11 Å². The first-order chi connectivity index (χ1) is 15.9. The van der Waals surface area contributed by atoms with E-state index in [0.717, 1.165) is 63.0 Å². The van der Waals surface area contributed by atoms with Crippen molar-refractivity contribution in [1.29, 1.82) is 0 Å². The number of nitrogens with one attached hydrogen (secondary N) is 1. The predicted octanol–water partition coefficient (Wildman–Crippen LogP) is 4.33. The molecule has 8 heteroatoms. The Balaban J connectivity index is 0.000000709. The van der Waals surface area contributed by atoms with Crippen molar-refractivity contribution < 1.29 is 19.4 Å². The Hall–Kier alpha value is -2.84. The molecular formula is C25H21N2NaO4S. The third-order valence-electron chi connectivity index (χ3n) is 4.55. The quantitative estimate of drug-likeness (QED) is 0.438. The molecule has 6 nitrogen and oxygen atoms in total. The van der Waals surface area contributed by atoms with Crippen LogP contribution in [0.25, 0.3) is 17.2 Å². The molecule has 3 aromatic carbocycles. The molecule has 162 valence electrons. The zero-order valence-corrected chi connectivity index (χ0v) is 21.3. The maximum atomic E-state index is 12.3. The van der Waals surface area contributed by atoms with Gasteiger partial charge < -0.3 is 9.84 Å². The summed E-state index contributed by atoms with van der Waals surface area (Å²) in [4.78, 5) is 26.0. The first kappa shape index (κ1) is 24.8. The second-order valence-electron chi connectivity index (χ2n) is 7.17. The number of ether oxygens (including phenoxy) is 1. The number of benzene rings is 3. The molecule has 0 atom stereocenters. The summed E-state index contributed by atoms with van der Waals surface area (Å²) in [5.41, 5.74) is 3.99. The number of aliphatic carboxylic acids is 1. The number of anilines is 1. The molecule has 0 saturated heterocycles. The van der Waals surface area contributed by atoms with Gasteiger partial charge in [-0.2, -0.15) is 0 Å². The summed E-state index contributed by atoms with van der Waals surface area (Å²) in [5, 5.41) is 11.2. The average Bonchev–Trinajstić information content (AvgIpc) is 3.14. The van der Waals surface area contributed by atoms with Gasteiger partial charge in [-0.1, -0.05) is 18.2 Å². The van der Waals surface area contributed by atoms with Gasteiger partial charge in [0, 0.05) is 12.5 Å². The summed E-state index contributed by atoms with van der Waals surface area (Å²) in [6, 6.07) is 24.2. The Bertz CT molecular complexity index is 1200. The van der Waals surface area contributed by atoms with E-state index in [4.69, 9.17) is 14.6 Å². The molecule has 1 amide bonds. The van der Waals surface area contributed by atoms with Crippen LogP contribution in [0.2, 0.25) is 0 Å². The van der Waals surface area contributed by atoms with Crippen molar-refractivity contribution in [3.05, 3.63) is 83.3 Å². The Morgan fingerprint density at radius 2 is 1.70 bits per heavy atom. The van der Waals surface area contributed by atoms with Crippen molar-refractivity contribution in [3.63, 3.8) is 0 Å². The number of para-hydroxylation sites is 1. The van der Waals surface area contributed by atoms with Crippen LogP contribution in [0, 0.1) is 0 Å². The Morgan fingerprint density at radius 3 is 2.33 bits per heavy atom. The van der Waals surface area contributed by atoms with E-state index in [0.29, 0.717) is 10.1 Å². The summed E-state index contributed by atoms with van der Waals surface area (Å²) in [6.07, 6.45) is 1.87. The summed E-state index contributed by atoms with van der Waals surface area (Å²) in [6.45, 7) is 1.08. The number of rotatable bonds is 4. The molecule has 0 unspecified atom stereocenters. The standard InChI is InChI=1S/C23H17N2O2S.C2H4O2.Na/c1-27-20-10-6-5-9-19(20)17-13-11-16(12-14-17)15-21-22(26)25-23(28-21)24-18-7-3-2-4-8-18;1-2(3)4;/h3-15H,1H3,(H,24,25,26);1H3,(H,3,4);. The molecule has 4 rings (SSSR count). The number of carboxylic acids is 1. The number of amidine groups is 1. The number of carboxylic acid groups (broad SMARTS) is 1. The number of carbonyl (C=O) groups excluding carboxylic acids is 1. The van der Waals surface area contributed by atoms with Gasteiger partial charge in [0.15, 0.2) is 0 Å². The number of methoxy groups -OCH3 is 1. The molecule has 0 spiro atoms. The molecule has 3 aromatic rings. The Kier molecular flexibility index (Phi) is 8.91. The molecule has 2 N–H and O–H groups in total. The molecule has 0 saturated carbocycles. The van der Waals surface area contributed by atoms with E-state index < -0.39 is 5.97 Å². The fourth-order valence-corrected chi connectivity index (χ4v) is 4.18. The van der Waals surface area contributed by atoms with Crippen LogP contribution in [0.5, 0.6) is 5.75 Å². The van der Waals surface area contributed by atoms with Gasteiger partial charge in [-0.25, -0.2) is 0 Å². The van der Waals surface area contributed by atoms with Gasteiger partial charge in [-0.3, -0.25) is 4.79 Å². The van der Waals surface area contributed by atoms with E-state index in [1.807, 2.05) is 66.7 Å². The molecule has 1 aliphatic heterocycles. The molecule has 1 heterocycles. The van der Waals surface area contributed by atoms with Gasteiger partial charge in [0.2, 0.25) is 0 Å². The van der Waals surface area contributed by atoms with Crippen LogP contribution in [0.3, 0.4) is 0 Å². The molecule has 0 aromatic heterocycles. The Labute approximate surface area is 214 Å². The topological polar surface area (TPSA) is 88.0 Å². The number of carbonyl (C=O) groups is 2. The van der Waals surface area contributed by atoms with E-state index in [-0.39, 0.29) is 5.91 Å². The molecule has 1 aliphatic rings. The molecular weight excluding hydrogens is 447 g/mol. The number of nitrogens with zero attached hydrogens (tertiary/aromatic N) is 1. The van der Waals surface area contributed by atoms with E-state index in [1.54, 1.807) is 7.11 Å². The van der Waals surface area contributed by atoms with Crippen molar-refractivity contribution in [1.82, 2.24) is 0 Å². The van der Waals surface area contributed by atoms with Crippen molar-refractivity contribution in [2.24, 2.45) is 4.99 Å². The monoisotopic (exact) mass is 468 g/mol. The van der Waals surface area contributed by atoms with Crippen LogP contribution < -0.4 is 12.9 Å². The number of thioether (sulfide) groups is 1. The van der Waals surface area contributed by atoms with Crippen LogP contribution in [0.15, 0.2) is 82.7 Å². The van der Waals surface area contributed by atoms with Crippen LogP contribution in [-0.4, -0.2) is 57.2 Å². The summed E-state index contributed by atoms with van der Waals surface area (Å²) >= 11 is 2.38. The number of amides is 1. The molecule has 0 radical (unpaired) electrons. The third kappa shape index (κ3) is 7.33. The van der Waals surface area contributed by atoms with Gasteiger partial charge in [-0.05, 0) is 11.6 Å². The molecule has 0 bridgehead atoms. The fourth-order valence-electron chi connectivity index (χ4n) is 3.02. The van der Waals surface area contributed by atoms with Crippen molar-refractivity contribution >= 4 is 71.3 Å². The van der Waals surface area contributed by atoms with Crippen LogP contribution in [0.4, 0.5) is 5.69 Å². The number of aliphatic imine (C=N–C) groups is 1. The fraction of sp³-hybridized carbons (Fsp3) is 0.0800. The minimum atomic E-state index is -0.833. The first-order valence-electron chi connectivity index (χ1n) is 10.1. The summed E-state index contributed by atoms with van der Waals surface area (Å²) in [7, 11) is 1.67. The maximum absolute atomic E-state index is 12.3. The van der Waals surface area contributed by atoms with Crippen molar-refractivity contribution in [2.75, 3.05) is 12.4 Å². The second-order valence-corrected chi connectivity index (χ2v) is 9.35. The van der Waals surface area contributed by atoms with E-state index >= 15 is 0 Å². The van der Waals surface area contributed by atoms with Gasteiger partial charge >= 0.3 is 139 Å². The summed E-state index contributed by atoms with van der Waals surface area (Å²) < 4.78 is 6.76. The van der Waals surface area contributed by atoms with E-state index in [2.05, 4.69) is 22.4 Å². The number of hydrogen-bond acceptors (Lipinski definition) is 5. The average molecular weight is 469 g/mol. The van der Waals surface area contributed by atoms with E-state index in [9.17, 15) is 4.79 Å². The molecule has 0 aliphatic carbocycles. The zero-order valence-electron chi connectivity index (χ0n) is 18.5. The van der Waals surface area contributed by atoms with Gasteiger partial charge in [0.1, 0.15) is 5.75 Å². The molecule has 0 fully saturated rings. The SMILES string of the molecule is CC(=O)O.COc1ccccc1-c1ccc(C=C2SC(Nc3cc[c]([Na])cc3)=NC2=O)cc1. The van der Waals surface area contributed by atoms with Crippen molar-refractivity contribution in [3.8, 4) is 16.9 Å². The summed E-state index contributed by atoms with van der Waals surface area (Å²) in [5.74, 6) is -0.214. The second kappa shape index (κ2) is 11.9. The van der Waals surface area contributed by atoms with Crippen LogP contribution in [0.1, 0.15) is 12.5 Å². The van der Waals surface area contributed by atoms with Crippen LogP contribution in [-0.2, 0) is 9.59 Å². The van der Waals surface area contributed by atoms with Gasteiger partial charge in [-0.15, -0.1) is 0 Å². The Morgan fingerprint density at radius 1 is 1.06 bits per heavy atom. The normalized spacial score (nSPS) is 13.8. The third-order valence-corrected chi connectivity index (χ3v) is 6.12. The predicted molar refractivity (Wildman–Crippen MR) is 135 cm³/mol. The first-order valence-corrected chi connectivity index (χ1v) is 12.0. The molecule has 33 heavy (non-hydrogen) atoms. The van der Waals surface area contributed by atoms with Crippen molar-refractivity contribution in [2.45, 2.75) is 6.92 Å².